The molecule has 7 N–H and O–H groups in total. The Hall–Kier alpha value is -2.34. The van der Waals surface area contributed by atoms with E-state index >= 15 is 0 Å². The predicted molar refractivity (Wildman–Crippen MR) is 112 cm³/mol. The Morgan fingerprint density at radius 2 is 1.40 bits per heavy atom. The quantitative estimate of drug-likeness (QED) is 0.174. The first-order chi connectivity index (χ1) is 13.8. The first-order valence-electron chi connectivity index (χ1n) is 9.57. The minimum Gasteiger partial charge on any atom is -0.481 e. The number of rotatable bonds is 13. The van der Waals surface area contributed by atoms with Gasteiger partial charge in [-0.05, 0) is 11.8 Å². The fraction of sp³-hybridized carbons (Fsp3) is 0.722. The van der Waals surface area contributed by atoms with Gasteiger partial charge in [0.2, 0.25) is 17.7 Å². The van der Waals surface area contributed by atoms with Crippen molar-refractivity contribution in [2.45, 2.75) is 64.7 Å². The van der Waals surface area contributed by atoms with Gasteiger partial charge >= 0.3 is 11.9 Å². The van der Waals surface area contributed by atoms with Gasteiger partial charge in [-0.1, -0.05) is 34.1 Å². The van der Waals surface area contributed by atoms with E-state index in [1.54, 1.807) is 27.7 Å². The van der Waals surface area contributed by atoms with Gasteiger partial charge in [0.1, 0.15) is 18.1 Å². The molecule has 0 saturated carbocycles. The van der Waals surface area contributed by atoms with Crippen molar-refractivity contribution in [3.63, 3.8) is 0 Å². The molecule has 0 heterocycles. The van der Waals surface area contributed by atoms with E-state index in [1.165, 1.54) is 0 Å². The second-order valence-corrected chi connectivity index (χ2v) is 7.75. The van der Waals surface area contributed by atoms with Gasteiger partial charge < -0.3 is 31.9 Å². The summed E-state index contributed by atoms with van der Waals surface area (Å²) < 4.78 is 0. The maximum Gasteiger partial charge on any atom is 0.327 e. The highest BCUT2D eigenvalue weighted by atomic mass is 32.1. The molecule has 0 aromatic rings. The van der Waals surface area contributed by atoms with Crippen molar-refractivity contribution in [3.05, 3.63) is 0 Å². The highest BCUT2D eigenvalue weighted by Crippen LogP contribution is 2.11. The van der Waals surface area contributed by atoms with Crippen LogP contribution in [0.5, 0.6) is 0 Å². The SMILES string of the molecule is CCC(C)C(NC(=O)C(N)CC(=O)O)C(=O)NC(C(=O)NC(CS)C(=O)O)C(C)C. The Kier molecular flexibility index (Phi) is 12.0. The second kappa shape index (κ2) is 13.1. The highest BCUT2D eigenvalue weighted by Gasteiger charge is 2.33. The lowest BCUT2D eigenvalue weighted by Crippen LogP contribution is -2.60. The van der Waals surface area contributed by atoms with Crippen molar-refractivity contribution in [1.29, 1.82) is 0 Å². The highest BCUT2D eigenvalue weighted by molar-refractivity contribution is 7.80. The maximum atomic E-state index is 12.8. The van der Waals surface area contributed by atoms with Crippen LogP contribution in [0.1, 0.15) is 40.5 Å². The molecule has 5 atom stereocenters. The molecule has 0 aliphatic carbocycles. The summed E-state index contributed by atoms with van der Waals surface area (Å²) in [6.07, 6.45) is -0.0934. The minimum absolute atomic E-state index is 0.132. The van der Waals surface area contributed by atoms with Crippen molar-refractivity contribution in [2.75, 3.05) is 5.75 Å². The average Bonchev–Trinajstić information content (AvgIpc) is 2.65. The third kappa shape index (κ3) is 8.99. The Bertz CT molecular complexity index is 644. The third-order valence-electron chi connectivity index (χ3n) is 4.57. The van der Waals surface area contributed by atoms with Gasteiger partial charge in [-0.3, -0.25) is 19.2 Å². The lowest BCUT2D eigenvalue weighted by atomic mass is 9.96. The van der Waals surface area contributed by atoms with E-state index in [-0.39, 0.29) is 17.6 Å². The van der Waals surface area contributed by atoms with Gasteiger partial charge in [0.15, 0.2) is 0 Å². The van der Waals surface area contributed by atoms with Crippen molar-refractivity contribution < 1.29 is 34.2 Å². The molecule has 172 valence electrons. The minimum atomic E-state index is -1.34. The Morgan fingerprint density at radius 1 is 0.900 bits per heavy atom. The van der Waals surface area contributed by atoms with Gasteiger partial charge in [-0.2, -0.15) is 12.6 Å². The number of amides is 3. The van der Waals surface area contributed by atoms with Crippen LogP contribution < -0.4 is 21.7 Å². The summed E-state index contributed by atoms with van der Waals surface area (Å²) in [7, 11) is 0. The lowest BCUT2D eigenvalue weighted by molar-refractivity contribution is -0.142. The molecule has 3 amide bonds. The molecule has 0 aliphatic rings. The number of nitrogens with one attached hydrogen (secondary N) is 3. The van der Waals surface area contributed by atoms with Crippen LogP contribution in [0.2, 0.25) is 0 Å². The van der Waals surface area contributed by atoms with Crippen LogP contribution in [0.25, 0.3) is 0 Å². The summed E-state index contributed by atoms with van der Waals surface area (Å²) in [4.78, 5) is 59.4. The Labute approximate surface area is 180 Å². The molecular formula is C18H32N4O7S. The molecule has 12 heteroatoms. The van der Waals surface area contributed by atoms with Crippen molar-refractivity contribution in [3.8, 4) is 0 Å². The molecule has 0 bridgehead atoms. The number of thiol groups is 1. The van der Waals surface area contributed by atoms with Gasteiger partial charge in [0, 0.05) is 5.75 Å². The molecule has 0 aromatic carbocycles. The van der Waals surface area contributed by atoms with Crippen molar-refractivity contribution >= 4 is 42.3 Å². The fourth-order valence-corrected chi connectivity index (χ4v) is 2.72. The Balaban J connectivity index is 5.41. The fourth-order valence-electron chi connectivity index (χ4n) is 2.47. The van der Waals surface area contributed by atoms with E-state index in [1.807, 2.05) is 0 Å². The van der Waals surface area contributed by atoms with Crippen LogP contribution >= 0.6 is 12.6 Å². The summed E-state index contributed by atoms with van der Waals surface area (Å²) in [5.74, 6) is -5.53. The van der Waals surface area contributed by atoms with Gasteiger partial charge in [-0.25, -0.2) is 4.79 Å². The van der Waals surface area contributed by atoms with Crippen molar-refractivity contribution in [2.24, 2.45) is 17.6 Å². The lowest BCUT2D eigenvalue weighted by Gasteiger charge is -2.29. The summed E-state index contributed by atoms with van der Waals surface area (Å²) in [6, 6.07) is -4.68. The topological polar surface area (TPSA) is 188 Å². The molecule has 30 heavy (non-hydrogen) atoms. The van der Waals surface area contributed by atoms with Crippen LogP contribution in [-0.4, -0.2) is 69.8 Å². The molecule has 0 saturated heterocycles. The number of hydrogen-bond acceptors (Lipinski definition) is 7. The van der Waals surface area contributed by atoms with E-state index < -0.39 is 60.2 Å². The van der Waals surface area contributed by atoms with Crippen LogP contribution in [0.4, 0.5) is 0 Å². The summed E-state index contributed by atoms with van der Waals surface area (Å²) in [6.45, 7) is 6.84. The van der Waals surface area contributed by atoms with Crippen LogP contribution in [-0.2, 0) is 24.0 Å². The van der Waals surface area contributed by atoms with Crippen LogP contribution in [0, 0.1) is 11.8 Å². The molecule has 0 aliphatic heterocycles. The van der Waals surface area contributed by atoms with E-state index in [0.29, 0.717) is 6.42 Å². The Morgan fingerprint density at radius 3 is 1.80 bits per heavy atom. The molecular weight excluding hydrogens is 416 g/mol. The second-order valence-electron chi connectivity index (χ2n) is 7.39. The molecule has 0 aromatic heterocycles. The standard InChI is InChI=1S/C18H32N4O7S/c1-5-9(4)14(22-15(25)10(19)6-12(23)24)17(27)21-13(8(2)3)16(26)20-11(7-30)18(28)29/h8-11,13-14,30H,5-7,19H2,1-4H3,(H,20,26)(H,21,27)(H,22,25)(H,23,24)(H,28,29). The summed E-state index contributed by atoms with van der Waals surface area (Å²) in [5.41, 5.74) is 5.55. The number of nitrogens with two attached hydrogens (primary N) is 1. The third-order valence-corrected chi connectivity index (χ3v) is 4.93. The van der Waals surface area contributed by atoms with Crippen LogP contribution in [0.15, 0.2) is 0 Å². The van der Waals surface area contributed by atoms with Gasteiger partial charge in [0.25, 0.3) is 0 Å². The molecule has 5 unspecified atom stereocenters. The van der Waals surface area contributed by atoms with Crippen molar-refractivity contribution in [1.82, 2.24) is 16.0 Å². The van der Waals surface area contributed by atoms with E-state index in [9.17, 15) is 24.0 Å². The van der Waals surface area contributed by atoms with Crippen LogP contribution in [0.3, 0.4) is 0 Å². The number of carboxylic acid groups (broad SMARTS) is 2. The molecule has 0 radical (unpaired) electrons. The molecule has 0 rings (SSSR count). The maximum absolute atomic E-state index is 12.8. The number of carbonyl (C=O) groups excluding carboxylic acids is 3. The van der Waals surface area contributed by atoms with Gasteiger partial charge in [-0.15, -0.1) is 0 Å². The zero-order valence-corrected chi connectivity index (χ0v) is 18.4. The largest absolute Gasteiger partial charge is 0.481 e. The van der Waals surface area contributed by atoms with Gasteiger partial charge in [0.05, 0.1) is 12.5 Å². The normalized spacial score (nSPS) is 16.0. The van der Waals surface area contributed by atoms with E-state index in [4.69, 9.17) is 15.9 Å². The number of carbonyl (C=O) groups is 5. The molecule has 0 fully saturated rings. The summed E-state index contributed by atoms with van der Waals surface area (Å²) in [5, 5.41) is 25.2. The number of aliphatic carboxylic acids is 2. The monoisotopic (exact) mass is 448 g/mol. The number of carboxylic acids is 2. The first kappa shape index (κ1) is 27.7. The number of hydrogen-bond donors (Lipinski definition) is 7. The summed E-state index contributed by atoms with van der Waals surface area (Å²) >= 11 is 3.89. The molecule has 0 spiro atoms. The predicted octanol–water partition coefficient (Wildman–Crippen LogP) is -1.04. The van der Waals surface area contributed by atoms with E-state index in [0.717, 1.165) is 0 Å². The smallest absolute Gasteiger partial charge is 0.327 e. The van der Waals surface area contributed by atoms with E-state index in [2.05, 4.69) is 28.6 Å². The molecule has 11 nitrogen and oxygen atoms in total. The first-order valence-corrected chi connectivity index (χ1v) is 10.2. The zero-order valence-electron chi connectivity index (χ0n) is 17.5. The average molecular weight is 449 g/mol. The zero-order chi connectivity index (χ0) is 23.6.